The number of ether oxygens (including phenoxy) is 1. The minimum Gasteiger partial charge on any atom is -0.481 e. The van der Waals surface area contributed by atoms with Crippen molar-refractivity contribution < 1.29 is 19.4 Å². The number of rotatable bonds is 13. The van der Waals surface area contributed by atoms with Crippen molar-refractivity contribution in [2.45, 2.75) is 29.6 Å². The number of carbonyl (C=O) groups excluding carboxylic acids is 1. The van der Waals surface area contributed by atoms with Crippen LogP contribution in [-0.4, -0.2) is 56.5 Å². The second kappa shape index (κ2) is 15.1. The van der Waals surface area contributed by atoms with E-state index in [1.165, 1.54) is 0 Å². The molecule has 1 N–H and O–H groups in total. The molecule has 4 rings (SSSR count). The van der Waals surface area contributed by atoms with Crippen LogP contribution in [0.5, 0.6) is 11.5 Å². The number of carboxylic acids is 1. The molecule has 2 atom stereocenters. The van der Waals surface area contributed by atoms with Gasteiger partial charge in [-0.1, -0.05) is 54.1 Å². The maximum absolute atomic E-state index is 12.5. The Balaban J connectivity index is 1.44. The molecule has 0 aliphatic rings. The number of carboxylic acid groups (broad SMARTS) is 1. The maximum atomic E-state index is 12.5. The van der Waals surface area contributed by atoms with Crippen molar-refractivity contribution in [2.75, 3.05) is 19.8 Å². The summed E-state index contributed by atoms with van der Waals surface area (Å²) < 4.78 is 6.23. The van der Waals surface area contributed by atoms with Gasteiger partial charge >= 0.3 is 5.97 Å². The van der Waals surface area contributed by atoms with Crippen LogP contribution < -0.4 is 4.74 Å². The number of nitrogens with zero attached hydrogens (tertiary/aromatic N) is 2. The molecule has 42 heavy (non-hydrogen) atoms. The molecule has 2 unspecified atom stereocenters. The van der Waals surface area contributed by atoms with Crippen molar-refractivity contribution in [1.82, 2.24) is 9.88 Å². The second-order valence-corrected chi connectivity index (χ2v) is 13.5. The van der Waals surface area contributed by atoms with Gasteiger partial charge in [0.15, 0.2) is 0 Å². The van der Waals surface area contributed by atoms with Crippen molar-refractivity contribution in [3.05, 3.63) is 101 Å². The van der Waals surface area contributed by atoms with Crippen LogP contribution in [0.1, 0.15) is 30.2 Å². The van der Waals surface area contributed by atoms with Gasteiger partial charge in [-0.05, 0) is 73.0 Å². The molecular weight excluding hydrogens is 588 g/mol. The van der Waals surface area contributed by atoms with Gasteiger partial charge in [0, 0.05) is 30.3 Å². The van der Waals surface area contributed by atoms with Crippen LogP contribution in [0.3, 0.4) is 0 Å². The number of hydrogen-bond donors (Lipinski definition) is 1. The van der Waals surface area contributed by atoms with E-state index in [9.17, 15) is 9.59 Å². The van der Waals surface area contributed by atoms with Crippen molar-refractivity contribution in [2.24, 2.45) is 0 Å². The zero-order valence-electron chi connectivity index (χ0n) is 23.7. The molecule has 218 valence electrons. The van der Waals surface area contributed by atoms with E-state index < -0.39 is 5.97 Å². The molecule has 9 heteroatoms. The standard InChI is InChI=1S/C33H33ClN2O4S2/c1-22(33(39)36(2)3)42-32(41-17-16-31(37)38)20-24-7-5-9-29(19-24)40-28-8-4-6-23(18-28)10-14-27-15-12-25-11-13-26(34)21-30(25)35-27/h4-15,18-19,21-22,32H,16-17,20H2,1-3H3,(H,37,38)/b14-10+. The lowest BCUT2D eigenvalue weighted by molar-refractivity contribution is -0.136. The molecule has 0 spiro atoms. The molecule has 6 nitrogen and oxygen atoms in total. The minimum absolute atomic E-state index is 0.0201. The molecule has 0 fully saturated rings. The Morgan fingerprint density at radius 2 is 1.74 bits per heavy atom. The monoisotopic (exact) mass is 620 g/mol. The summed E-state index contributed by atoms with van der Waals surface area (Å²) in [5.41, 5.74) is 3.71. The number of hydrogen-bond acceptors (Lipinski definition) is 6. The number of benzene rings is 3. The van der Waals surface area contributed by atoms with Crippen LogP contribution in [0.4, 0.5) is 0 Å². The summed E-state index contributed by atoms with van der Waals surface area (Å²) in [6.07, 6.45) is 4.71. The van der Waals surface area contributed by atoms with E-state index in [1.807, 2.05) is 97.9 Å². The first-order valence-corrected chi connectivity index (χ1v) is 15.8. The van der Waals surface area contributed by atoms with E-state index in [1.54, 1.807) is 42.5 Å². The zero-order valence-corrected chi connectivity index (χ0v) is 26.1. The Kier molecular flexibility index (Phi) is 11.3. The number of aromatic nitrogens is 1. The van der Waals surface area contributed by atoms with E-state index in [0.717, 1.165) is 27.7 Å². The highest BCUT2D eigenvalue weighted by atomic mass is 35.5. The van der Waals surface area contributed by atoms with Crippen LogP contribution >= 0.6 is 35.1 Å². The van der Waals surface area contributed by atoms with Gasteiger partial charge in [0.05, 0.1) is 27.5 Å². The van der Waals surface area contributed by atoms with Crippen LogP contribution in [-0.2, 0) is 16.0 Å². The fraction of sp³-hybridized carbons (Fsp3) is 0.242. The lowest BCUT2D eigenvalue weighted by atomic mass is 10.1. The molecule has 1 heterocycles. The van der Waals surface area contributed by atoms with Crippen LogP contribution in [0.2, 0.25) is 5.02 Å². The normalized spacial score (nSPS) is 12.8. The van der Waals surface area contributed by atoms with E-state index in [2.05, 4.69) is 4.98 Å². The topological polar surface area (TPSA) is 79.7 Å². The Morgan fingerprint density at radius 3 is 2.50 bits per heavy atom. The van der Waals surface area contributed by atoms with Crippen molar-refractivity contribution >= 4 is 70.1 Å². The van der Waals surface area contributed by atoms with E-state index in [-0.39, 0.29) is 22.2 Å². The second-order valence-electron chi connectivity index (χ2n) is 9.89. The summed E-state index contributed by atoms with van der Waals surface area (Å²) >= 11 is 9.26. The molecule has 3 aromatic carbocycles. The summed E-state index contributed by atoms with van der Waals surface area (Å²) in [7, 11) is 3.49. The average Bonchev–Trinajstić information content (AvgIpc) is 2.95. The van der Waals surface area contributed by atoms with Gasteiger partial charge in [-0.15, -0.1) is 23.5 Å². The van der Waals surface area contributed by atoms with Crippen molar-refractivity contribution in [1.29, 1.82) is 0 Å². The molecular formula is C33H33ClN2O4S2. The first-order valence-electron chi connectivity index (χ1n) is 13.5. The van der Waals surface area contributed by atoms with Gasteiger partial charge in [-0.25, -0.2) is 4.98 Å². The predicted molar refractivity (Wildman–Crippen MR) is 177 cm³/mol. The SMILES string of the molecule is CC(SC(Cc1cccc(Oc2cccc(/C=C/c3ccc4ccc(Cl)cc4n3)c2)c1)SCCC(=O)O)C(=O)N(C)C. The summed E-state index contributed by atoms with van der Waals surface area (Å²) in [5.74, 6) is 1.11. The lowest BCUT2D eigenvalue weighted by Gasteiger charge is -2.22. The first-order chi connectivity index (χ1) is 20.2. The van der Waals surface area contributed by atoms with Gasteiger partial charge in [0.1, 0.15) is 11.5 Å². The first kappa shape index (κ1) is 31.5. The largest absolute Gasteiger partial charge is 0.481 e. The number of carbonyl (C=O) groups is 2. The zero-order chi connectivity index (χ0) is 30.1. The summed E-state index contributed by atoms with van der Waals surface area (Å²) in [4.78, 5) is 29.8. The van der Waals surface area contributed by atoms with Crippen molar-refractivity contribution in [3.8, 4) is 11.5 Å². The minimum atomic E-state index is -0.824. The van der Waals surface area contributed by atoms with Crippen LogP contribution in [0.15, 0.2) is 78.9 Å². The third-order valence-corrected chi connectivity index (χ3v) is 9.32. The van der Waals surface area contributed by atoms with Gasteiger partial charge in [0.2, 0.25) is 5.91 Å². The van der Waals surface area contributed by atoms with E-state index >= 15 is 0 Å². The molecule has 4 aromatic rings. The number of pyridine rings is 1. The highest BCUT2D eigenvalue weighted by Gasteiger charge is 2.22. The van der Waals surface area contributed by atoms with Gasteiger partial charge in [0.25, 0.3) is 0 Å². The number of fused-ring (bicyclic) bond motifs is 1. The average molecular weight is 621 g/mol. The van der Waals surface area contributed by atoms with Crippen molar-refractivity contribution in [3.63, 3.8) is 0 Å². The number of aliphatic carboxylic acids is 1. The van der Waals surface area contributed by atoms with E-state index in [4.69, 9.17) is 21.4 Å². The molecule has 1 aromatic heterocycles. The number of thioether (sulfide) groups is 2. The smallest absolute Gasteiger partial charge is 0.304 e. The molecule has 1 amide bonds. The Labute approximate surface area is 260 Å². The summed E-state index contributed by atoms with van der Waals surface area (Å²) in [5, 5.41) is 10.5. The fourth-order valence-electron chi connectivity index (χ4n) is 4.20. The van der Waals surface area contributed by atoms with Gasteiger partial charge in [-0.3, -0.25) is 9.59 Å². The Bertz CT molecular complexity index is 1580. The Hall–Kier alpha value is -3.46. The highest BCUT2D eigenvalue weighted by Crippen LogP contribution is 2.33. The third-order valence-electron chi connectivity index (χ3n) is 6.28. The van der Waals surface area contributed by atoms with Gasteiger partial charge in [-0.2, -0.15) is 0 Å². The molecule has 0 bridgehead atoms. The summed E-state index contributed by atoms with van der Waals surface area (Å²) in [6, 6.07) is 25.4. The molecule has 0 aliphatic carbocycles. The predicted octanol–water partition coefficient (Wildman–Crippen LogP) is 8.14. The molecule has 0 aliphatic heterocycles. The lowest BCUT2D eigenvalue weighted by Crippen LogP contribution is -2.31. The third kappa shape index (κ3) is 9.54. The quantitative estimate of drug-likeness (QED) is 0.151. The maximum Gasteiger partial charge on any atom is 0.304 e. The number of halogens is 1. The fourth-order valence-corrected chi connectivity index (χ4v) is 7.41. The highest BCUT2D eigenvalue weighted by molar-refractivity contribution is 8.17. The Morgan fingerprint density at radius 1 is 1.00 bits per heavy atom. The van der Waals surface area contributed by atoms with Crippen LogP contribution in [0.25, 0.3) is 23.1 Å². The van der Waals surface area contributed by atoms with E-state index in [0.29, 0.717) is 28.7 Å². The number of amides is 1. The molecule has 0 saturated carbocycles. The van der Waals surface area contributed by atoms with Gasteiger partial charge < -0.3 is 14.7 Å². The van der Waals surface area contributed by atoms with Crippen LogP contribution in [0, 0.1) is 0 Å². The molecule has 0 radical (unpaired) electrons. The summed E-state index contributed by atoms with van der Waals surface area (Å²) in [6.45, 7) is 1.89. The molecule has 0 saturated heterocycles.